The minimum atomic E-state index is 0.309. The molecule has 86 valence electrons. The second-order valence-electron chi connectivity index (χ2n) is 3.74. The first-order chi connectivity index (χ1) is 7.58. The predicted octanol–water partition coefficient (Wildman–Crippen LogP) is 3.89. The van der Waals surface area contributed by atoms with Gasteiger partial charge < -0.3 is 5.11 Å². The van der Waals surface area contributed by atoms with E-state index in [-0.39, 0.29) is 0 Å². The quantitative estimate of drug-likeness (QED) is 0.726. The Bertz CT molecular complexity index is 456. The van der Waals surface area contributed by atoms with Gasteiger partial charge in [0.1, 0.15) is 5.75 Å². The standard InChI is InChI=1S/C12H13NO.C2H6/c1-7-4-9(3)13-12-8(2)5-10(14)6-11(7)12;1-2/h4-6,14H,1-3H3;1-2H3. The number of aryl methyl sites for hydroxylation is 3. The Morgan fingerprint density at radius 2 is 1.56 bits per heavy atom. The van der Waals surface area contributed by atoms with Crippen LogP contribution in [0.5, 0.6) is 5.75 Å². The molecular weight excluding hydrogens is 198 g/mol. The smallest absolute Gasteiger partial charge is 0.116 e. The van der Waals surface area contributed by atoms with Gasteiger partial charge in [-0.1, -0.05) is 13.8 Å². The molecule has 2 rings (SSSR count). The molecule has 0 saturated heterocycles. The van der Waals surface area contributed by atoms with Crippen molar-refractivity contribution in [2.24, 2.45) is 0 Å². The molecule has 16 heavy (non-hydrogen) atoms. The maximum absolute atomic E-state index is 9.48. The summed E-state index contributed by atoms with van der Waals surface area (Å²) in [6.45, 7) is 9.99. The van der Waals surface area contributed by atoms with Crippen LogP contribution < -0.4 is 0 Å². The van der Waals surface area contributed by atoms with Gasteiger partial charge in [0.05, 0.1) is 5.52 Å². The molecule has 1 N–H and O–H groups in total. The van der Waals surface area contributed by atoms with Gasteiger partial charge in [0, 0.05) is 11.1 Å². The highest BCUT2D eigenvalue weighted by Crippen LogP contribution is 2.25. The van der Waals surface area contributed by atoms with Crippen molar-refractivity contribution in [3.05, 3.63) is 35.0 Å². The van der Waals surface area contributed by atoms with Gasteiger partial charge in [0.15, 0.2) is 0 Å². The van der Waals surface area contributed by atoms with Gasteiger partial charge in [0.2, 0.25) is 0 Å². The molecule has 2 aromatic rings. The lowest BCUT2D eigenvalue weighted by Gasteiger charge is -2.06. The first-order valence-corrected chi connectivity index (χ1v) is 5.65. The maximum atomic E-state index is 9.48. The van der Waals surface area contributed by atoms with Crippen LogP contribution in [0.3, 0.4) is 0 Å². The zero-order valence-corrected chi connectivity index (χ0v) is 10.6. The summed E-state index contributed by atoms with van der Waals surface area (Å²) in [6, 6.07) is 5.54. The number of hydrogen-bond donors (Lipinski definition) is 1. The van der Waals surface area contributed by atoms with E-state index >= 15 is 0 Å². The lowest BCUT2D eigenvalue weighted by atomic mass is 10.1. The van der Waals surface area contributed by atoms with Crippen LogP contribution in [0, 0.1) is 20.8 Å². The van der Waals surface area contributed by atoms with E-state index in [1.165, 1.54) is 0 Å². The van der Waals surface area contributed by atoms with Gasteiger partial charge in [-0.3, -0.25) is 4.98 Å². The van der Waals surface area contributed by atoms with Crippen molar-refractivity contribution in [1.82, 2.24) is 4.98 Å². The first kappa shape index (κ1) is 12.5. The molecule has 0 spiro atoms. The van der Waals surface area contributed by atoms with E-state index in [9.17, 15) is 5.11 Å². The summed E-state index contributed by atoms with van der Waals surface area (Å²) >= 11 is 0. The van der Waals surface area contributed by atoms with Crippen molar-refractivity contribution < 1.29 is 5.11 Å². The summed E-state index contributed by atoms with van der Waals surface area (Å²) in [7, 11) is 0. The minimum Gasteiger partial charge on any atom is -0.508 e. The molecule has 0 aliphatic carbocycles. The SMILES string of the molecule is CC.Cc1cc(C)c2cc(O)cc(C)c2n1. The summed E-state index contributed by atoms with van der Waals surface area (Å²) in [6.07, 6.45) is 0. The maximum Gasteiger partial charge on any atom is 0.116 e. The number of phenolic OH excluding ortho intramolecular Hbond substituents is 1. The molecular formula is C14H19NO. The fraction of sp³-hybridized carbons (Fsp3) is 0.357. The number of pyridine rings is 1. The lowest BCUT2D eigenvalue weighted by molar-refractivity contribution is 0.475. The number of aromatic hydroxyl groups is 1. The van der Waals surface area contributed by atoms with Gasteiger partial charge >= 0.3 is 0 Å². The van der Waals surface area contributed by atoms with Crippen LogP contribution in [0.25, 0.3) is 10.9 Å². The molecule has 0 saturated carbocycles. The van der Waals surface area contributed by atoms with Gasteiger partial charge in [-0.25, -0.2) is 0 Å². The van der Waals surface area contributed by atoms with Crippen molar-refractivity contribution in [3.63, 3.8) is 0 Å². The third-order valence-corrected chi connectivity index (χ3v) is 2.42. The Labute approximate surface area is 97.0 Å². The molecule has 0 radical (unpaired) electrons. The minimum absolute atomic E-state index is 0.309. The van der Waals surface area contributed by atoms with E-state index in [0.29, 0.717) is 5.75 Å². The fourth-order valence-corrected chi connectivity index (χ4v) is 1.81. The van der Waals surface area contributed by atoms with E-state index < -0.39 is 0 Å². The third kappa shape index (κ3) is 2.32. The molecule has 1 heterocycles. The van der Waals surface area contributed by atoms with Crippen molar-refractivity contribution in [3.8, 4) is 5.75 Å². The van der Waals surface area contributed by atoms with Crippen LogP contribution in [0.4, 0.5) is 0 Å². The summed E-state index contributed by atoms with van der Waals surface area (Å²) in [5, 5.41) is 10.5. The molecule has 2 nitrogen and oxygen atoms in total. The molecule has 0 aliphatic heterocycles. The number of rotatable bonds is 0. The average Bonchev–Trinajstić information content (AvgIpc) is 2.23. The molecule has 0 atom stereocenters. The van der Waals surface area contributed by atoms with E-state index in [1.54, 1.807) is 12.1 Å². The number of nitrogens with zero attached hydrogens (tertiary/aromatic N) is 1. The van der Waals surface area contributed by atoms with E-state index in [0.717, 1.165) is 27.7 Å². The Morgan fingerprint density at radius 1 is 0.938 bits per heavy atom. The molecule has 0 bridgehead atoms. The van der Waals surface area contributed by atoms with Gasteiger partial charge in [0.25, 0.3) is 0 Å². The Hall–Kier alpha value is -1.57. The summed E-state index contributed by atoms with van der Waals surface area (Å²) in [5.74, 6) is 0.309. The van der Waals surface area contributed by atoms with Crippen LogP contribution in [0.1, 0.15) is 30.7 Å². The van der Waals surface area contributed by atoms with E-state index in [1.807, 2.05) is 40.7 Å². The number of hydrogen-bond acceptors (Lipinski definition) is 2. The summed E-state index contributed by atoms with van der Waals surface area (Å²) in [5.41, 5.74) is 4.18. The average molecular weight is 217 g/mol. The first-order valence-electron chi connectivity index (χ1n) is 5.65. The Morgan fingerprint density at radius 3 is 2.19 bits per heavy atom. The Balaban J connectivity index is 0.000000606. The van der Waals surface area contributed by atoms with Gasteiger partial charge in [-0.05, 0) is 50.1 Å². The molecule has 1 aromatic carbocycles. The number of benzene rings is 1. The van der Waals surface area contributed by atoms with Crippen LogP contribution >= 0.6 is 0 Å². The second-order valence-corrected chi connectivity index (χ2v) is 3.74. The van der Waals surface area contributed by atoms with Gasteiger partial charge in [-0.2, -0.15) is 0 Å². The topological polar surface area (TPSA) is 33.1 Å². The van der Waals surface area contributed by atoms with Crippen molar-refractivity contribution in [1.29, 1.82) is 0 Å². The predicted molar refractivity (Wildman–Crippen MR) is 69.0 cm³/mol. The van der Waals surface area contributed by atoms with Crippen LogP contribution in [0.2, 0.25) is 0 Å². The zero-order chi connectivity index (χ0) is 12.3. The highest BCUT2D eigenvalue weighted by Gasteiger charge is 2.04. The monoisotopic (exact) mass is 217 g/mol. The number of aromatic nitrogens is 1. The Kier molecular flexibility index (Phi) is 3.88. The molecule has 0 amide bonds. The van der Waals surface area contributed by atoms with Crippen LogP contribution in [0.15, 0.2) is 18.2 Å². The largest absolute Gasteiger partial charge is 0.508 e. The van der Waals surface area contributed by atoms with Crippen molar-refractivity contribution in [2.75, 3.05) is 0 Å². The lowest BCUT2D eigenvalue weighted by Crippen LogP contribution is -1.89. The van der Waals surface area contributed by atoms with Crippen LogP contribution in [-0.2, 0) is 0 Å². The van der Waals surface area contributed by atoms with Crippen molar-refractivity contribution in [2.45, 2.75) is 34.6 Å². The molecule has 0 unspecified atom stereocenters. The highest BCUT2D eigenvalue weighted by molar-refractivity contribution is 5.86. The molecule has 1 aromatic heterocycles. The molecule has 2 heteroatoms. The summed E-state index contributed by atoms with van der Waals surface area (Å²) in [4.78, 5) is 4.47. The third-order valence-electron chi connectivity index (χ3n) is 2.42. The molecule has 0 aliphatic rings. The molecule has 0 fully saturated rings. The van der Waals surface area contributed by atoms with Crippen LogP contribution in [-0.4, -0.2) is 10.1 Å². The van der Waals surface area contributed by atoms with Crippen molar-refractivity contribution >= 4 is 10.9 Å². The highest BCUT2D eigenvalue weighted by atomic mass is 16.3. The number of phenols is 1. The van der Waals surface area contributed by atoms with Gasteiger partial charge in [-0.15, -0.1) is 0 Å². The fourth-order valence-electron chi connectivity index (χ4n) is 1.81. The second kappa shape index (κ2) is 4.97. The zero-order valence-electron chi connectivity index (χ0n) is 10.6. The van der Waals surface area contributed by atoms with E-state index in [2.05, 4.69) is 4.98 Å². The van der Waals surface area contributed by atoms with E-state index in [4.69, 9.17) is 0 Å². The normalized spacial score (nSPS) is 9.81. The number of fused-ring (bicyclic) bond motifs is 1. The summed E-state index contributed by atoms with van der Waals surface area (Å²) < 4.78 is 0.